The lowest BCUT2D eigenvalue weighted by Crippen LogP contribution is -2.51. The zero-order valence-corrected chi connectivity index (χ0v) is 25.8. The number of halogens is 3. The molecule has 0 heterocycles. The van der Waals surface area contributed by atoms with Gasteiger partial charge in [0.25, 0.3) is 10.0 Å². The van der Waals surface area contributed by atoms with Gasteiger partial charge >= 0.3 is 0 Å². The Hall–Kier alpha value is -2.78. The number of carbonyl (C=O) groups excluding carboxylic acids is 2. The number of sulfonamides is 1. The minimum atomic E-state index is -4.20. The van der Waals surface area contributed by atoms with E-state index >= 15 is 0 Å². The minimum absolute atomic E-state index is 0.0311. The number of para-hydroxylation sites is 1. The third kappa shape index (κ3) is 7.69. The molecule has 0 aliphatic rings. The van der Waals surface area contributed by atoms with Crippen molar-refractivity contribution in [3.8, 4) is 0 Å². The van der Waals surface area contributed by atoms with Crippen molar-refractivity contribution in [3.63, 3.8) is 0 Å². The van der Waals surface area contributed by atoms with Crippen LogP contribution in [0.4, 0.5) is 5.69 Å². The van der Waals surface area contributed by atoms with Gasteiger partial charge in [-0.05, 0) is 67.8 Å². The molecular weight excluding hydrogens is 593 g/mol. The number of nitrogens with one attached hydrogen (secondary N) is 1. The number of benzene rings is 3. The van der Waals surface area contributed by atoms with Gasteiger partial charge in [-0.25, -0.2) is 8.42 Å². The number of hydrogen-bond donors (Lipinski definition) is 1. The summed E-state index contributed by atoms with van der Waals surface area (Å²) in [6, 6.07) is 16.6. The van der Waals surface area contributed by atoms with Gasteiger partial charge in [0, 0.05) is 33.7 Å². The van der Waals surface area contributed by atoms with Gasteiger partial charge in [0.1, 0.15) is 12.6 Å². The monoisotopic (exact) mass is 623 g/mol. The SMILES string of the molecule is Cc1ccccc1N(CC(=O)N(Cc1c(Cl)cccc1Cl)C(C)C(=O)NCC(C)C)S(=O)(=O)c1ccc(Cl)cc1. The molecule has 0 aliphatic carbocycles. The first-order valence-electron chi connectivity index (χ1n) is 12.7. The lowest BCUT2D eigenvalue weighted by atomic mass is 10.1. The van der Waals surface area contributed by atoms with E-state index in [0.717, 1.165) is 4.31 Å². The number of hydrogen-bond acceptors (Lipinski definition) is 4. The first-order valence-corrected chi connectivity index (χ1v) is 15.2. The summed E-state index contributed by atoms with van der Waals surface area (Å²) in [5.74, 6) is -0.795. The molecule has 0 fully saturated rings. The number of anilines is 1. The molecule has 0 saturated carbocycles. The summed E-state index contributed by atoms with van der Waals surface area (Å²) in [6.45, 7) is 7.00. The highest BCUT2D eigenvalue weighted by atomic mass is 35.5. The maximum Gasteiger partial charge on any atom is 0.264 e. The number of amides is 2. The molecule has 0 aromatic heterocycles. The van der Waals surface area contributed by atoms with Crippen LogP contribution in [-0.4, -0.2) is 44.3 Å². The van der Waals surface area contributed by atoms with Crippen LogP contribution in [-0.2, 0) is 26.2 Å². The van der Waals surface area contributed by atoms with E-state index in [1.165, 1.54) is 29.2 Å². The fourth-order valence-electron chi connectivity index (χ4n) is 3.98. The molecule has 2 amide bonds. The Morgan fingerprint density at radius 2 is 1.48 bits per heavy atom. The van der Waals surface area contributed by atoms with Crippen molar-refractivity contribution in [1.82, 2.24) is 10.2 Å². The van der Waals surface area contributed by atoms with Crippen LogP contribution in [0.3, 0.4) is 0 Å². The van der Waals surface area contributed by atoms with E-state index in [1.54, 1.807) is 56.3 Å². The van der Waals surface area contributed by atoms with Crippen LogP contribution in [0, 0.1) is 12.8 Å². The summed E-state index contributed by atoms with van der Waals surface area (Å²) < 4.78 is 28.8. The Balaban J connectivity index is 2.06. The fraction of sp³-hybridized carbons (Fsp3) is 0.310. The molecule has 0 radical (unpaired) electrons. The van der Waals surface area contributed by atoms with Crippen molar-refractivity contribution in [2.75, 3.05) is 17.4 Å². The van der Waals surface area contributed by atoms with E-state index in [-0.39, 0.29) is 23.3 Å². The van der Waals surface area contributed by atoms with Gasteiger partial charge in [-0.15, -0.1) is 0 Å². The van der Waals surface area contributed by atoms with Crippen molar-refractivity contribution in [2.45, 2.75) is 45.2 Å². The zero-order chi connectivity index (χ0) is 29.6. The Bertz CT molecular complexity index is 1440. The van der Waals surface area contributed by atoms with Gasteiger partial charge in [-0.3, -0.25) is 13.9 Å². The number of aryl methyl sites for hydroxylation is 1. The summed E-state index contributed by atoms with van der Waals surface area (Å²) >= 11 is 18.8. The second kappa shape index (κ2) is 13.7. The number of rotatable bonds is 11. The molecule has 3 aromatic carbocycles. The van der Waals surface area contributed by atoms with Crippen LogP contribution < -0.4 is 9.62 Å². The van der Waals surface area contributed by atoms with Gasteiger partial charge in [0.2, 0.25) is 11.8 Å². The second-order valence-electron chi connectivity index (χ2n) is 9.79. The van der Waals surface area contributed by atoms with Crippen LogP contribution in [0.25, 0.3) is 0 Å². The third-order valence-electron chi connectivity index (χ3n) is 6.31. The van der Waals surface area contributed by atoms with Crippen LogP contribution >= 0.6 is 34.8 Å². The number of carbonyl (C=O) groups is 2. The molecule has 0 spiro atoms. The van der Waals surface area contributed by atoms with Gasteiger partial charge in [0.05, 0.1) is 10.6 Å². The average Bonchev–Trinajstić information content (AvgIpc) is 2.90. The van der Waals surface area contributed by atoms with Gasteiger partial charge < -0.3 is 10.2 Å². The molecule has 3 aromatic rings. The largest absolute Gasteiger partial charge is 0.354 e. The topological polar surface area (TPSA) is 86.8 Å². The molecule has 214 valence electrons. The normalized spacial score (nSPS) is 12.2. The van der Waals surface area contributed by atoms with E-state index in [9.17, 15) is 18.0 Å². The van der Waals surface area contributed by atoms with Crippen molar-refractivity contribution in [3.05, 3.63) is 92.9 Å². The van der Waals surface area contributed by atoms with Crippen LogP contribution in [0.15, 0.2) is 71.6 Å². The molecule has 0 aliphatic heterocycles. The van der Waals surface area contributed by atoms with Gasteiger partial charge in [-0.2, -0.15) is 0 Å². The highest BCUT2D eigenvalue weighted by Gasteiger charge is 2.33. The summed E-state index contributed by atoms with van der Waals surface area (Å²) in [5, 5.41) is 3.87. The standard InChI is InChI=1S/C29H32Cl3N3O4S/c1-19(2)16-33-29(37)21(4)34(17-24-25(31)9-7-10-26(24)32)28(36)18-35(27-11-6-5-8-20(27)3)40(38,39)23-14-12-22(30)13-15-23/h5-15,19,21H,16-18H2,1-4H3,(H,33,37). The molecule has 1 unspecified atom stereocenters. The minimum Gasteiger partial charge on any atom is -0.354 e. The average molecular weight is 625 g/mol. The molecule has 1 atom stereocenters. The Kier molecular flexibility index (Phi) is 10.9. The zero-order valence-electron chi connectivity index (χ0n) is 22.7. The van der Waals surface area contributed by atoms with Crippen molar-refractivity contribution >= 4 is 62.3 Å². The van der Waals surface area contributed by atoms with E-state index in [0.29, 0.717) is 38.4 Å². The van der Waals surface area contributed by atoms with E-state index in [1.807, 2.05) is 13.8 Å². The first-order chi connectivity index (χ1) is 18.8. The quantitative estimate of drug-likeness (QED) is 0.270. The van der Waals surface area contributed by atoms with E-state index < -0.39 is 28.5 Å². The Morgan fingerprint density at radius 3 is 2.05 bits per heavy atom. The molecule has 0 bridgehead atoms. The first kappa shape index (κ1) is 31.7. The Morgan fingerprint density at radius 1 is 0.875 bits per heavy atom. The van der Waals surface area contributed by atoms with E-state index in [4.69, 9.17) is 34.8 Å². The summed E-state index contributed by atoms with van der Waals surface area (Å²) in [5.41, 5.74) is 1.43. The molecule has 0 saturated heterocycles. The van der Waals surface area contributed by atoms with Crippen molar-refractivity contribution in [1.29, 1.82) is 0 Å². The highest BCUT2D eigenvalue weighted by molar-refractivity contribution is 7.92. The summed E-state index contributed by atoms with van der Waals surface area (Å²) in [7, 11) is -4.20. The predicted molar refractivity (Wildman–Crippen MR) is 161 cm³/mol. The lowest BCUT2D eigenvalue weighted by Gasteiger charge is -2.33. The van der Waals surface area contributed by atoms with Crippen molar-refractivity contribution in [2.24, 2.45) is 5.92 Å². The molecule has 40 heavy (non-hydrogen) atoms. The van der Waals surface area contributed by atoms with Crippen molar-refractivity contribution < 1.29 is 18.0 Å². The lowest BCUT2D eigenvalue weighted by molar-refractivity contribution is -0.139. The number of nitrogens with zero attached hydrogens (tertiary/aromatic N) is 2. The smallest absolute Gasteiger partial charge is 0.264 e. The molecular formula is C29H32Cl3N3O4S. The second-order valence-corrected chi connectivity index (χ2v) is 12.9. The van der Waals surface area contributed by atoms with Crippen LogP contribution in [0.5, 0.6) is 0 Å². The fourth-order valence-corrected chi connectivity index (χ4v) is 6.10. The maximum atomic E-state index is 14.0. The van der Waals surface area contributed by atoms with Gasteiger partial charge in [0.15, 0.2) is 0 Å². The molecule has 3 rings (SSSR count). The molecule has 11 heteroatoms. The molecule has 1 N–H and O–H groups in total. The third-order valence-corrected chi connectivity index (χ3v) is 9.04. The Labute approximate surface area is 251 Å². The van der Waals surface area contributed by atoms with Crippen LogP contribution in [0.1, 0.15) is 31.9 Å². The van der Waals surface area contributed by atoms with Gasteiger partial charge in [-0.1, -0.05) is 72.9 Å². The highest BCUT2D eigenvalue weighted by Crippen LogP contribution is 2.30. The van der Waals surface area contributed by atoms with Crippen LogP contribution in [0.2, 0.25) is 15.1 Å². The summed E-state index contributed by atoms with van der Waals surface area (Å²) in [6.07, 6.45) is 0. The van der Waals surface area contributed by atoms with E-state index in [2.05, 4.69) is 5.32 Å². The maximum absolute atomic E-state index is 14.0. The summed E-state index contributed by atoms with van der Waals surface area (Å²) in [4.78, 5) is 28.4. The molecule has 7 nitrogen and oxygen atoms in total. The predicted octanol–water partition coefficient (Wildman–Crippen LogP) is 6.34.